The van der Waals surface area contributed by atoms with E-state index in [1.54, 1.807) is 0 Å². The summed E-state index contributed by atoms with van der Waals surface area (Å²) in [6.45, 7) is 5.54. The van der Waals surface area contributed by atoms with Crippen LogP contribution in [0.3, 0.4) is 0 Å². The van der Waals surface area contributed by atoms with Gasteiger partial charge in [0.05, 0.1) is 5.69 Å². The van der Waals surface area contributed by atoms with E-state index in [0.717, 1.165) is 6.54 Å². The van der Waals surface area contributed by atoms with Gasteiger partial charge in [-0.3, -0.25) is 0 Å². The average Bonchev–Trinajstić information content (AvgIpc) is 2.88. The molecule has 0 aliphatic heterocycles. The van der Waals surface area contributed by atoms with E-state index in [2.05, 4.69) is 42.7 Å². The molecule has 0 saturated heterocycles. The molecule has 0 spiro atoms. The van der Waals surface area contributed by atoms with Gasteiger partial charge in [-0.15, -0.1) is 11.3 Å². The van der Waals surface area contributed by atoms with Gasteiger partial charge in [0.15, 0.2) is 0 Å². The second kappa shape index (κ2) is 9.09. The Kier molecular flexibility index (Phi) is 7.08. The maximum atomic E-state index is 3.61. The Balaban J connectivity index is 1.62. The SMILES string of the molecule is CCCCCCCCCCNc1csc2cc(C)ccc12. The van der Waals surface area contributed by atoms with Crippen LogP contribution in [0.4, 0.5) is 5.69 Å². The minimum atomic E-state index is 1.11. The molecule has 1 N–H and O–H groups in total. The summed E-state index contributed by atoms with van der Waals surface area (Å²) in [5.74, 6) is 0. The van der Waals surface area contributed by atoms with E-state index < -0.39 is 0 Å². The van der Waals surface area contributed by atoms with Crippen LogP contribution in [0, 0.1) is 6.92 Å². The summed E-state index contributed by atoms with van der Waals surface area (Å²) in [6.07, 6.45) is 11.1. The number of hydrogen-bond donors (Lipinski definition) is 1. The van der Waals surface area contributed by atoms with Crippen LogP contribution in [0.15, 0.2) is 23.6 Å². The highest BCUT2D eigenvalue weighted by Crippen LogP contribution is 2.30. The summed E-state index contributed by atoms with van der Waals surface area (Å²) in [5.41, 5.74) is 2.66. The van der Waals surface area contributed by atoms with E-state index >= 15 is 0 Å². The quantitative estimate of drug-likeness (QED) is 0.478. The number of thiophene rings is 1. The van der Waals surface area contributed by atoms with Gasteiger partial charge in [0, 0.05) is 22.0 Å². The van der Waals surface area contributed by atoms with Crippen molar-refractivity contribution in [3.05, 3.63) is 29.1 Å². The molecule has 2 aromatic rings. The number of fused-ring (bicyclic) bond motifs is 1. The highest BCUT2D eigenvalue weighted by molar-refractivity contribution is 7.17. The summed E-state index contributed by atoms with van der Waals surface area (Å²) in [5, 5.41) is 7.25. The van der Waals surface area contributed by atoms with Gasteiger partial charge in [-0.1, -0.05) is 64.0 Å². The lowest BCUT2D eigenvalue weighted by molar-refractivity contribution is 0.581. The number of rotatable bonds is 10. The lowest BCUT2D eigenvalue weighted by Gasteiger charge is -2.05. The molecule has 116 valence electrons. The molecule has 1 aromatic carbocycles. The maximum Gasteiger partial charge on any atom is 0.0528 e. The fourth-order valence-electron chi connectivity index (χ4n) is 2.75. The molecule has 0 atom stereocenters. The zero-order chi connectivity index (χ0) is 14.9. The van der Waals surface area contributed by atoms with Crippen LogP contribution in [0.25, 0.3) is 10.1 Å². The fourth-order valence-corrected chi connectivity index (χ4v) is 3.77. The topological polar surface area (TPSA) is 12.0 Å². The van der Waals surface area contributed by atoms with Crippen molar-refractivity contribution in [3.63, 3.8) is 0 Å². The predicted molar refractivity (Wildman–Crippen MR) is 97.7 cm³/mol. The zero-order valence-corrected chi connectivity index (χ0v) is 14.4. The van der Waals surface area contributed by atoms with E-state index in [1.165, 1.54) is 72.7 Å². The molecule has 0 saturated carbocycles. The Hall–Kier alpha value is -1.02. The number of benzene rings is 1. The molecule has 0 unspecified atom stereocenters. The van der Waals surface area contributed by atoms with Crippen molar-refractivity contribution in [2.45, 2.75) is 65.2 Å². The molecule has 0 amide bonds. The van der Waals surface area contributed by atoms with Crippen LogP contribution in [0.5, 0.6) is 0 Å². The maximum absolute atomic E-state index is 3.61. The van der Waals surface area contributed by atoms with Crippen LogP contribution >= 0.6 is 11.3 Å². The van der Waals surface area contributed by atoms with Crippen LogP contribution in [-0.4, -0.2) is 6.54 Å². The first kappa shape index (κ1) is 16.4. The molecular weight excluding hydrogens is 274 g/mol. The first-order chi connectivity index (χ1) is 10.3. The van der Waals surface area contributed by atoms with Crippen LogP contribution in [0.2, 0.25) is 0 Å². The second-order valence-corrected chi connectivity index (χ2v) is 6.96. The third-order valence-electron chi connectivity index (χ3n) is 4.08. The first-order valence-corrected chi connectivity index (χ1v) is 9.41. The van der Waals surface area contributed by atoms with Crippen molar-refractivity contribution in [1.29, 1.82) is 0 Å². The third-order valence-corrected chi connectivity index (χ3v) is 5.02. The Bertz CT molecular complexity index is 529. The van der Waals surface area contributed by atoms with E-state index in [0.29, 0.717) is 0 Å². The van der Waals surface area contributed by atoms with E-state index in [-0.39, 0.29) is 0 Å². The van der Waals surface area contributed by atoms with Gasteiger partial charge < -0.3 is 5.32 Å². The Morgan fingerprint density at radius 2 is 1.67 bits per heavy atom. The van der Waals surface area contributed by atoms with Crippen molar-refractivity contribution >= 4 is 27.1 Å². The molecule has 1 aromatic heterocycles. The Morgan fingerprint density at radius 1 is 0.952 bits per heavy atom. The molecule has 0 fully saturated rings. The van der Waals surface area contributed by atoms with Crippen molar-refractivity contribution in [2.75, 3.05) is 11.9 Å². The molecule has 0 aliphatic rings. The number of nitrogens with one attached hydrogen (secondary N) is 1. The Labute approximate surface area is 133 Å². The van der Waals surface area contributed by atoms with Gasteiger partial charge in [0.2, 0.25) is 0 Å². The van der Waals surface area contributed by atoms with Crippen molar-refractivity contribution in [1.82, 2.24) is 0 Å². The number of unbranched alkanes of at least 4 members (excludes halogenated alkanes) is 7. The summed E-state index contributed by atoms with van der Waals surface area (Å²) in [6, 6.07) is 6.73. The molecule has 1 nitrogen and oxygen atoms in total. The molecule has 0 bridgehead atoms. The number of anilines is 1. The van der Waals surface area contributed by atoms with Gasteiger partial charge in [-0.05, 0) is 25.0 Å². The van der Waals surface area contributed by atoms with Crippen molar-refractivity contribution in [2.24, 2.45) is 0 Å². The van der Waals surface area contributed by atoms with Gasteiger partial charge in [-0.25, -0.2) is 0 Å². The second-order valence-electron chi connectivity index (χ2n) is 6.05. The van der Waals surface area contributed by atoms with Gasteiger partial charge in [0.1, 0.15) is 0 Å². The first-order valence-electron chi connectivity index (χ1n) is 8.53. The lowest BCUT2D eigenvalue weighted by atomic mass is 10.1. The molecule has 0 aliphatic carbocycles. The predicted octanol–water partition coefficient (Wildman–Crippen LogP) is 6.76. The minimum absolute atomic E-state index is 1.11. The van der Waals surface area contributed by atoms with Gasteiger partial charge in [0.25, 0.3) is 0 Å². The molecule has 2 rings (SSSR count). The smallest absolute Gasteiger partial charge is 0.0528 e. The van der Waals surface area contributed by atoms with Crippen LogP contribution in [0.1, 0.15) is 63.9 Å². The zero-order valence-electron chi connectivity index (χ0n) is 13.6. The molecular formula is C19H29NS. The monoisotopic (exact) mass is 303 g/mol. The molecule has 2 heteroatoms. The van der Waals surface area contributed by atoms with Gasteiger partial charge in [-0.2, -0.15) is 0 Å². The third kappa shape index (κ3) is 5.35. The highest BCUT2D eigenvalue weighted by atomic mass is 32.1. The molecule has 21 heavy (non-hydrogen) atoms. The minimum Gasteiger partial charge on any atom is -0.384 e. The summed E-state index contributed by atoms with van der Waals surface area (Å²) < 4.78 is 1.40. The van der Waals surface area contributed by atoms with Crippen LogP contribution in [-0.2, 0) is 0 Å². The summed E-state index contributed by atoms with van der Waals surface area (Å²) in [7, 11) is 0. The standard InChI is InChI=1S/C19H29NS/c1-3-4-5-6-7-8-9-10-13-20-18-15-21-19-14-16(2)11-12-17(18)19/h11-12,14-15,20H,3-10,13H2,1-2H3. The lowest BCUT2D eigenvalue weighted by Crippen LogP contribution is -2.00. The summed E-state index contributed by atoms with van der Waals surface area (Å²) >= 11 is 1.85. The summed E-state index contributed by atoms with van der Waals surface area (Å²) in [4.78, 5) is 0. The average molecular weight is 304 g/mol. The van der Waals surface area contributed by atoms with Crippen molar-refractivity contribution < 1.29 is 0 Å². The fraction of sp³-hybridized carbons (Fsp3) is 0.579. The largest absolute Gasteiger partial charge is 0.384 e. The normalized spacial score (nSPS) is 11.1. The van der Waals surface area contributed by atoms with Gasteiger partial charge >= 0.3 is 0 Å². The number of aryl methyl sites for hydroxylation is 1. The van der Waals surface area contributed by atoms with Crippen LogP contribution < -0.4 is 5.32 Å². The van der Waals surface area contributed by atoms with E-state index in [4.69, 9.17) is 0 Å². The van der Waals surface area contributed by atoms with E-state index in [9.17, 15) is 0 Å². The van der Waals surface area contributed by atoms with E-state index in [1.807, 2.05) is 11.3 Å². The van der Waals surface area contributed by atoms with Crippen molar-refractivity contribution in [3.8, 4) is 0 Å². The molecule has 1 heterocycles. The molecule has 0 radical (unpaired) electrons. The highest BCUT2D eigenvalue weighted by Gasteiger charge is 2.03. The number of hydrogen-bond acceptors (Lipinski definition) is 2. The Morgan fingerprint density at radius 3 is 2.43 bits per heavy atom.